The molecule has 0 heterocycles. The van der Waals surface area contributed by atoms with Crippen LogP contribution in [0.2, 0.25) is 0 Å². The Morgan fingerprint density at radius 2 is 1.61 bits per heavy atom. The average molecular weight is 308 g/mol. The molecule has 2 aromatic rings. The highest BCUT2D eigenvalue weighted by Crippen LogP contribution is 2.04. The lowest BCUT2D eigenvalue weighted by atomic mass is 10.1. The average Bonchev–Trinajstić information content (AvgIpc) is 2.55. The third-order valence-corrected chi connectivity index (χ3v) is 3.37. The number of primary amides is 1. The summed E-state index contributed by atoms with van der Waals surface area (Å²) in [6.07, 6.45) is 4.34. The maximum Gasteiger partial charge on any atom is 0.240 e. The van der Waals surface area contributed by atoms with Gasteiger partial charge in [0.25, 0.3) is 0 Å². The van der Waals surface area contributed by atoms with Gasteiger partial charge in [0.05, 0.1) is 6.42 Å². The van der Waals surface area contributed by atoms with E-state index >= 15 is 0 Å². The molecule has 2 amide bonds. The molecule has 3 N–H and O–H groups in total. The first-order chi connectivity index (χ1) is 11.1. The van der Waals surface area contributed by atoms with Gasteiger partial charge < -0.3 is 11.1 Å². The zero-order chi connectivity index (χ0) is 16.5. The van der Waals surface area contributed by atoms with Crippen molar-refractivity contribution in [3.05, 3.63) is 77.9 Å². The van der Waals surface area contributed by atoms with Crippen LogP contribution in [-0.4, -0.2) is 17.9 Å². The molecule has 0 aliphatic heterocycles. The van der Waals surface area contributed by atoms with Gasteiger partial charge in [0.1, 0.15) is 6.04 Å². The van der Waals surface area contributed by atoms with Crippen molar-refractivity contribution >= 4 is 17.9 Å². The number of hydrogen-bond acceptors (Lipinski definition) is 2. The van der Waals surface area contributed by atoms with Crippen molar-refractivity contribution in [2.75, 3.05) is 0 Å². The molecule has 118 valence electrons. The Morgan fingerprint density at radius 1 is 1.00 bits per heavy atom. The van der Waals surface area contributed by atoms with Gasteiger partial charge in [-0.3, -0.25) is 9.59 Å². The van der Waals surface area contributed by atoms with Crippen LogP contribution in [0.25, 0.3) is 6.08 Å². The highest BCUT2D eigenvalue weighted by molar-refractivity contribution is 5.87. The topological polar surface area (TPSA) is 72.2 Å². The smallest absolute Gasteiger partial charge is 0.240 e. The molecule has 0 aromatic heterocycles. The summed E-state index contributed by atoms with van der Waals surface area (Å²) in [5, 5.41) is 2.69. The van der Waals surface area contributed by atoms with Gasteiger partial charge in [0, 0.05) is 0 Å². The summed E-state index contributed by atoms with van der Waals surface area (Å²) >= 11 is 0. The molecule has 0 unspecified atom stereocenters. The maximum atomic E-state index is 12.0. The Morgan fingerprint density at radius 3 is 2.22 bits per heavy atom. The van der Waals surface area contributed by atoms with Crippen molar-refractivity contribution < 1.29 is 9.59 Å². The molecule has 0 aliphatic rings. The van der Waals surface area contributed by atoms with Crippen LogP contribution in [-0.2, 0) is 16.0 Å². The van der Waals surface area contributed by atoms with Crippen molar-refractivity contribution in [2.45, 2.75) is 18.9 Å². The van der Waals surface area contributed by atoms with Crippen molar-refractivity contribution in [3.63, 3.8) is 0 Å². The summed E-state index contributed by atoms with van der Waals surface area (Å²) in [5.74, 6) is -0.753. The lowest BCUT2D eigenvalue weighted by Gasteiger charge is -2.13. The molecule has 2 rings (SSSR count). The molecular weight excluding hydrogens is 288 g/mol. The van der Waals surface area contributed by atoms with Crippen LogP contribution in [0.15, 0.2) is 66.7 Å². The minimum Gasteiger partial charge on any atom is -0.368 e. The van der Waals surface area contributed by atoms with Crippen LogP contribution in [0.3, 0.4) is 0 Å². The van der Waals surface area contributed by atoms with Crippen LogP contribution >= 0.6 is 0 Å². The van der Waals surface area contributed by atoms with E-state index in [2.05, 4.69) is 5.32 Å². The van der Waals surface area contributed by atoms with Crippen molar-refractivity contribution in [1.82, 2.24) is 5.32 Å². The van der Waals surface area contributed by atoms with Crippen molar-refractivity contribution in [1.29, 1.82) is 0 Å². The summed E-state index contributed by atoms with van der Waals surface area (Å²) < 4.78 is 0. The molecule has 2 aromatic carbocycles. The van der Waals surface area contributed by atoms with E-state index in [0.29, 0.717) is 6.42 Å². The molecular formula is C19H20N2O2. The number of carbonyl (C=O) groups is 2. The van der Waals surface area contributed by atoms with Gasteiger partial charge in [-0.1, -0.05) is 72.8 Å². The third kappa shape index (κ3) is 5.79. The fourth-order valence-corrected chi connectivity index (χ4v) is 2.18. The number of hydrogen-bond donors (Lipinski definition) is 2. The number of rotatable bonds is 7. The van der Waals surface area contributed by atoms with E-state index in [1.165, 1.54) is 0 Å². The van der Waals surface area contributed by atoms with Gasteiger partial charge in [0.15, 0.2) is 0 Å². The van der Waals surface area contributed by atoms with Gasteiger partial charge in [0.2, 0.25) is 11.8 Å². The van der Waals surface area contributed by atoms with E-state index in [1.807, 2.05) is 72.8 Å². The summed E-state index contributed by atoms with van der Waals surface area (Å²) in [5.41, 5.74) is 7.30. The summed E-state index contributed by atoms with van der Waals surface area (Å²) in [6, 6.07) is 18.4. The Bertz CT molecular complexity index is 666. The normalized spacial score (nSPS) is 12.0. The van der Waals surface area contributed by atoms with Gasteiger partial charge in [-0.05, 0) is 17.5 Å². The first-order valence-electron chi connectivity index (χ1n) is 7.49. The molecule has 23 heavy (non-hydrogen) atoms. The number of amides is 2. The molecule has 0 spiro atoms. The van der Waals surface area contributed by atoms with Crippen LogP contribution in [0, 0.1) is 0 Å². The predicted molar refractivity (Wildman–Crippen MR) is 91.4 cm³/mol. The Labute approximate surface area is 136 Å². The molecule has 0 saturated heterocycles. The molecule has 0 fully saturated rings. The Hall–Kier alpha value is -2.88. The van der Waals surface area contributed by atoms with E-state index in [-0.39, 0.29) is 12.3 Å². The van der Waals surface area contributed by atoms with E-state index in [0.717, 1.165) is 11.1 Å². The fourth-order valence-electron chi connectivity index (χ4n) is 2.18. The van der Waals surface area contributed by atoms with Gasteiger partial charge in [-0.25, -0.2) is 0 Å². The quantitative estimate of drug-likeness (QED) is 0.824. The van der Waals surface area contributed by atoms with Gasteiger partial charge in [-0.2, -0.15) is 0 Å². The minimum absolute atomic E-state index is 0.215. The fraction of sp³-hybridized carbons (Fsp3) is 0.158. The predicted octanol–water partition coefficient (Wildman–Crippen LogP) is 2.30. The van der Waals surface area contributed by atoms with E-state index in [9.17, 15) is 9.59 Å². The molecule has 1 atom stereocenters. The van der Waals surface area contributed by atoms with Crippen LogP contribution in [0.4, 0.5) is 0 Å². The number of nitrogens with one attached hydrogen (secondary N) is 1. The zero-order valence-electron chi connectivity index (χ0n) is 12.8. The lowest BCUT2D eigenvalue weighted by molar-refractivity contribution is -0.126. The first kappa shape index (κ1) is 16.5. The standard InChI is InChI=1S/C19H20N2O2/c20-19(23)17(13-7-12-15-8-3-1-4-9-15)21-18(22)14-16-10-5-2-6-11-16/h1-12,17H,13-14H2,(H2,20,23)(H,21,22)/b12-7+/t17-/m0/s1. The second-order valence-corrected chi connectivity index (χ2v) is 5.23. The number of carbonyl (C=O) groups excluding carboxylic acids is 2. The molecule has 0 radical (unpaired) electrons. The SMILES string of the molecule is NC(=O)[C@H](C/C=C/c1ccccc1)NC(=O)Cc1ccccc1. The molecule has 0 saturated carbocycles. The minimum atomic E-state index is -0.703. The Balaban J connectivity index is 1.89. The Kier molecular flexibility index (Phi) is 6.12. The second kappa shape index (κ2) is 8.54. The summed E-state index contributed by atoms with van der Waals surface area (Å²) in [6.45, 7) is 0. The van der Waals surface area contributed by atoms with Crippen LogP contribution in [0.5, 0.6) is 0 Å². The lowest BCUT2D eigenvalue weighted by Crippen LogP contribution is -2.44. The first-order valence-corrected chi connectivity index (χ1v) is 7.49. The molecule has 4 heteroatoms. The number of nitrogens with two attached hydrogens (primary N) is 1. The molecule has 0 bridgehead atoms. The van der Waals surface area contributed by atoms with Crippen LogP contribution < -0.4 is 11.1 Å². The van der Waals surface area contributed by atoms with Crippen molar-refractivity contribution in [3.8, 4) is 0 Å². The van der Waals surface area contributed by atoms with Crippen LogP contribution in [0.1, 0.15) is 17.5 Å². The highest BCUT2D eigenvalue weighted by Gasteiger charge is 2.16. The van der Waals surface area contributed by atoms with E-state index in [1.54, 1.807) is 0 Å². The van der Waals surface area contributed by atoms with Gasteiger partial charge in [-0.15, -0.1) is 0 Å². The molecule has 4 nitrogen and oxygen atoms in total. The summed E-state index contributed by atoms with van der Waals surface area (Å²) in [7, 11) is 0. The second-order valence-electron chi connectivity index (χ2n) is 5.23. The van der Waals surface area contributed by atoms with Crippen molar-refractivity contribution in [2.24, 2.45) is 5.73 Å². The monoisotopic (exact) mass is 308 g/mol. The zero-order valence-corrected chi connectivity index (χ0v) is 12.8. The highest BCUT2D eigenvalue weighted by atomic mass is 16.2. The summed E-state index contributed by atoms with van der Waals surface area (Å²) in [4.78, 5) is 23.5. The van der Waals surface area contributed by atoms with Gasteiger partial charge >= 0.3 is 0 Å². The maximum absolute atomic E-state index is 12.0. The number of benzene rings is 2. The largest absolute Gasteiger partial charge is 0.368 e. The van der Waals surface area contributed by atoms with E-state index in [4.69, 9.17) is 5.73 Å². The third-order valence-electron chi connectivity index (χ3n) is 3.37. The van der Waals surface area contributed by atoms with E-state index < -0.39 is 11.9 Å². The molecule has 0 aliphatic carbocycles.